The van der Waals surface area contributed by atoms with Crippen molar-refractivity contribution in [2.45, 2.75) is 50.0 Å². The summed E-state index contributed by atoms with van der Waals surface area (Å²) >= 11 is 0. The highest BCUT2D eigenvalue weighted by atomic mass is 16.6. The average molecular weight is 383 g/mol. The van der Waals surface area contributed by atoms with E-state index in [4.69, 9.17) is 9.47 Å². The lowest BCUT2D eigenvalue weighted by atomic mass is 9.95. The first kappa shape index (κ1) is 19.9. The predicted octanol–water partition coefficient (Wildman–Crippen LogP) is -1.60. The van der Waals surface area contributed by atoms with Crippen LogP contribution in [-0.2, 0) is 9.47 Å². The van der Waals surface area contributed by atoms with E-state index in [9.17, 15) is 20.4 Å². The minimum Gasteiger partial charge on any atom is -0.394 e. The fourth-order valence-corrected chi connectivity index (χ4v) is 2.95. The molecule has 0 aliphatic carbocycles. The van der Waals surface area contributed by atoms with Gasteiger partial charge in [-0.3, -0.25) is 0 Å². The summed E-state index contributed by atoms with van der Waals surface area (Å²) in [5.41, 5.74) is 1.31. The molecule has 0 amide bonds. The summed E-state index contributed by atoms with van der Waals surface area (Å²) < 4.78 is 11.1. The van der Waals surface area contributed by atoms with Crippen molar-refractivity contribution in [2.24, 2.45) is 0 Å². The highest BCUT2D eigenvalue weighted by molar-refractivity contribution is 5.81. The van der Waals surface area contributed by atoms with Gasteiger partial charge in [-0.25, -0.2) is 15.0 Å². The Morgan fingerprint density at radius 2 is 1.96 bits per heavy atom. The number of ether oxygens (including phenoxy) is 2. The maximum absolute atomic E-state index is 10.0. The zero-order chi connectivity index (χ0) is 19.4. The van der Waals surface area contributed by atoms with E-state index in [0.717, 1.165) is 5.52 Å². The molecular formula is C16H25N5O6. The van der Waals surface area contributed by atoms with Crippen LogP contribution in [0.3, 0.4) is 0 Å². The molecule has 0 bridgehead atoms. The van der Waals surface area contributed by atoms with Crippen LogP contribution in [0.2, 0.25) is 0 Å². The molecule has 11 heteroatoms. The van der Waals surface area contributed by atoms with Gasteiger partial charge in [0, 0.05) is 6.54 Å². The number of H-pyrrole nitrogens is 1. The van der Waals surface area contributed by atoms with Crippen molar-refractivity contribution in [2.75, 3.05) is 25.1 Å². The summed E-state index contributed by atoms with van der Waals surface area (Å²) in [6, 6.07) is 0. The first-order valence-electron chi connectivity index (χ1n) is 8.81. The van der Waals surface area contributed by atoms with Crippen molar-refractivity contribution in [3.8, 4) is 0 Å². The number of imidazole rings is 1. The van der Waals surface area contributed by atoms with Crippen LogP contribution >= 0.6 is 0 Å². The van der Waals surface area contributed by atoms with Gasteiger partial charge in [-0.1, -0.05) is 0 Å². The van der Waals surface area contributed by atoms with Crippen molar-refractivity contribution in [3.05, 3.63) is 12.7 Å². The van der Waals surface area contributed by atoms with Crippen LogP contribution in [-0.4, -0.2) is 96.7 Å². The molecule has 0 radical (unpaired) electrons. The zero-order valence-electron chi connectivity index (χ0n) is 14.9. The molecular weight excluding hydrogens is 358 g/mol. The van der Waals surface area contributed by atoms with Crippen LogP contribution in [0.15, 0.2) is 12.7 Å². The Balaban J connectivity index is 1.44. The van der Waals surface area contributed by atoms with E-state index in [1.807, 2.05) is 6.92 Å². The number of nitrogens with one attached hydrogen (secondary N) is 2. The minimum absolute atomic E-state index is 0.0287. The molecule has 6 N–H and O–H groups in total. The molecule has 1 fully saturated rings. The molecule has 1 aliphatic rings. The van der Waals surface area contributed by atoms with Crippen LogP contribution in [0.1, 0.15) is 13.3 Å². The van der Waals surface area contributed by atoms with E-state index in [0.29, 0.717) is 24.4 Å². The molecule has 3 heterocycles. The van der Waals surface area contributed by atoms with Gasteiger partial charge in [0.25, 0.3) is 0 Å². The third-order valence-corrected chi connectivity index (χ3v) is 4.60. The van der Waals surface area contributed by atoms with Gasteiger partial charge in [0.05, 0.1) is 25.6 Å². The zero-order valence-corrected chi connectivity index (χ0v) is 14.9. The Morgan fingerprint density at radius 3 is 2.74 bits per heavy atom. The van der Waals surface area contributed by atoms with Gasteiger partial charge >= 0.3 is 0 Å². The largest absolute Gasteiger partial charge is 0.394 e. The fourth-order valence-electron chi connectivity index (χ4n) is 2.95. The number of anilines is 1. The lowest BCUT2D eigenvalue weighted by Crippen LogP contribution is -2.59. The van der Waals surface area contributed by atoms with Gasteiger partial charge in [-0.2, -0.15) is 0 Å². The van der Waals surface area contributed by atoms with Gasteiger partial charge in [-0.05, 0) is 13.3 Å². The molecule has 0 aromatic carbocycles. The highest BCUT2D eigenvalue weighted by Gasteiger charge is 2.43. The Morgan fingerprint density at radius 1 is 1.19 bits per heavy atom. The average Bonchev–Trinajstić information content (AvgIpc) is 3.15. The Bertz CT molecular complexity index is 728. The molecule has 2 aromatic rings. The standard InChI is InChI=1S/C16H25N5O6/c1-8(2-3-17-15-11-16(19-6-18-11)21-7-20-15)26-5-10-13(24)14(25)12(23)9(4-22)27-10/h6-10,12-14,22-25H,2-5H2,1H3,(H2,17,18,19,20,21). The highest BCUT2D eigenvalue weighted by Crippen LogP contribution is 2.22. The molecule has 6 unspecified atom stereocenters. The van der Waals surface area contributed by atoms with Crippen molar-refractivity contribution in [1.82, 2.24) is 19.9 Å². The number of aromatic amines is 1. The Labute approximate surface area is 155 Å². The molecule has 1 saturated heterocycles. The summed E-state index contributed by atoms with van der Waals surface area (Å²) in [6.45, 7) is 2.03. The quantitative estimate of drug-likeness (QED) is 0.313. The van der Waals surface area contributed by atoms with Gasteiger partial charge in [-0.15, -0.1) is 0 Å². The topological polar surface area (TPSA) is 166 Å². The second-order valence-electron chi connectivity index (χ2n) is 6.55. The molecule has 11 nitrogen and oxygen atoms in total. The normalized spacial score (nSPS) is 29.7. The van der Waals surface area contributed by atoms with E-state index in [1.165, 1.54) is 6.33 Å². The van der Waals surface area contributed by atoms with Crippen molar-refractivity contribution >= 4 is 17.0 Å². The van der Waals surface area contributed by atoms with Gasteiger partial charge in [0.1, 0.15) is 42.4 Å². The summed E-state index contributed by atoms with van der Waals surface area (Å²) in [4.78, 5) is 15.3. The van der Waals surface area contributed by atoms with E-state index in [2.05, 4.69) is 25.3 Å². The predicted molar refractivity (Wildman–Crippen MR) is 94.0 cm³/mol. The molecule has 0 spiro atoms. The monoisotopic (exact) mass is 383 g/mol. The van der Waals surface area contributed by atoms with E-state index in [1.54, 1.807) is 6.33 Å². The second kappa shape index (κ2) is 8.87. The lowest BCUT2D eigenvalue weighted by molar-refractivity contribution is -0.241. The van der Waals surface area contributed by atoms with Crippen molar-refractivity contribution in [1.29, 1.82) is 0 Å². The maximum Gasteiger partial charge on any atom is 0.182 e. The third kappa shape index (κ3) is 4.51. The van der Waals surface area contributed by atoms with Crippen molar-refractivity contribution < 1.29 is 29.9 Å². The molecule has 6 atom stereocenters. The van der Waals surface area contributed by atoms with Crippen LogP contribution in [0.4, 0.5) is 5.82 Å². The molecule has 1 aliphatic heterocycles. The van der Waals surface area contributed by atoms with E-state index in [-0.39, 0.29) is 12.7 Å². The number of aliphatic hydroxyl groups excluding tert-OH is 4. The number of aromatic nitrogens is 4. The second-order valence-corrected chi connectivity index (χ2v) is 6.55. The Hall–Kier alpha value is -1.89. The van der Waals surface area contributed by atoms with Gasteiger partial charge in [0.2, 0.25) is 0 Å². The van der Waals surface area contributed by atoms with Crippen LogP contribution < -0.4 is 5.32 Å². The lowest BCUT2D eigenvalue weighted by Gasteiger charge is -2.40. The smallest absolute Gasteiger partial charge is 0.182 e. The SMILES string of the molecule is CC(CCNc1ncnc2nc[nH]c12)OCC1OC(CO)C(O)C(O)C1O. The minimum atomic E-state index is -1.39. The summed E-state index contributed by atoms with van der Waals surface area (Å²) in [6.07, 6.45) is -2.33. The number of hydrogen-bond donors (Lipinski definition) is 6. The molecule has 150 valence electrons. The third-order valence-electron chi connectivity index (χ3n) is 4.60. The van der Waals surface area contributed by atoms with Crippen molar-refractivity contribution in [3.63, 3.8) is 0 Å². The van der Waals surface area contributed by atoms with E-state index < -0.39 is 37.1 Å². The summed E-state index contributed by atoms with van der Waals surface area (Å²) in [5, 5.41) is 42.0. The summed E-state index contributed by atoms with van der Waals surface area (Å²) in [7, 11) is 0. The van der Waals surface area contributed by atoms with Crippen LogP contribution in [0.25, 0.3) is 11.2 Å². The van der Waals surface area contributed by atoms with Gasteiger partial charge in [0.15, 0.2) is 11.5 Å². The summed E-state index contributed by atoms with van der Waals surface area (Å²) in [5.74, 6) is 0.652. The maximum atomic E-state index is 10.0. The first-order chi connectivity index (χ1) is 13.0. The first-order valence-corrected chi connectivity index (χ1v) is 8.81. The fraction of sp³-hybridized carbons (Fsp3) is 0.688. The number of rotatable bonds is 8. The Kier molecular flexibility index (Phi) is 6.52. The van der Waals surface area contributed by atoms with Crippen LogP contribution in [0.5, 0.6) is 0 Å². The molecule has 3 rings (SSSR count). The number of aliphatic hydroxyl groups is 4. The molecule has 27 heavy (non-hydrogen) atoms. The van der Waals surface area contributed by atoms with Gasteiger partial charge < -0.3 is 40.2 Å². The van der Waals surface area contributed by atoms with E-state index >= 15 is 0 Å². The molecule has 0 saturated carbocycles. The number of nitrogens with zero attached hydrogens (tertiary/aromatic N) is 3. The molecule has 2 aromatic heterocycles. The number of hydrogen-bond acceptors (Lipinski definition) is 10. The number of fused-ring (bicyclic) bond motifs is 1. The van der Waals surface area contributed by atoms with Crippen LogP contribution in [0, 0.1) is 0 Å².